The van der Waals surface area contributed by atoms with E-state index in [4.69, 9.17) is 15.6 Å². The van der Waals surface area contributed by atoms with Crippen molar-refractivity contribution in [3.63, 3.8) is 0 Å². The summed E-state index contributed by atoms with van der Waals surface area (Å²) in [5, 5.41) is 9.08. The second-order valence-corrected chi connectivity index (χ2v) is 6.81. The van der Waals surface area contributed by atoms with Crippen molar-refractivity contribution in [3.05, 3.63) is 71.4 Å². The summed E-state index contributed by atoms with van der Waals surface area (Å²) in [6.45, 7) is 0.235. The van der Waals surface area contributed by atoms with E-state index < -0.39 is 11.8 Å². The smallest absolute Gasteiger partial charge is 0.407 e. The lowest BCUT2D eigenvalue weighted by Gasteiger charge is -2.12. The number of rotatable bonds is 6. The molecule has 2 aromatic heterocycles. The molecular formula is C21H20N6O4. The Morgan fingerprint density at radius 1 is 1.10 bits per heavy atom. The number of ether oxygens (including phenoxy) is 1. The Morgan fingerprint density at radius 3 is 2.45 bits per heavy atom. The molecule has 158 valence electrons. The maximum atomic E-state index is 13.2. The van der Waals surface area contributed by atoms with E-state index in [2.05, 4.69) is 9.97 Å². The van der Waals surface area contributed by atoms with Gasteiger partial charge < -0.3 is 20.5 Å². The summed E-state index contributed by atoms with van der Waals surface area (Å²) < 4.78 is 8.60. The van der Waals surface area contributed by atoms with Crippen LogP contribution in [0.15, 0.2) is 65.7 Å². The molecule has 4 rings (SSSR count). The molecular weight excluding hydrogens is 400 g/mol. The van der Waals surface area contributed by atoms with Gasteiger partial charge in [-0.3, -0.25) is 9.13 Å². The number of imidazole rings is 1. The number of carboxylic acid groups (broad SMARTS) is 1. The van der Waals surface area contributed by atoms with Crippen molar-refractivity contribution in [3.8, 4) is 17.2 Å². The highest BCUT2D eigenvalue weighted by Gasteiger charge is 2.19. The highest BCUT2D eigenvalue weighted by Crippen LogP contribution is 2.24. The van der Waals surface area contributed by atoms with Crippen LogP contribution >= 0.6 is 0 Å². The summed E-state index contributed by atoms with van der Waals surface area (Å²) in [6, 6.07) is 16.3. The number of nitrogens with zero attached hydrogens (tertiary/aromatic N) is 5. The van der Waals surface area contributed by atoms with Crippen molar-refractivity contribution in [1.29, 1.82) is 0 Å². The number of aromatic nitrogens is 4. The highest BCUT2D eigenvalue weighted by molar-refractivity contribution is 5.84. The van der Waals surface area contributed by atoms with Crippen LogP contribution in [0.5, 0.6) is 11.5 Å². The van der Waals surface area contributed by atoms with Gasteiger partial charge in [0.2, 0.25) is 0 Å². The topological polar surface area (TPSA) is 128 Å². The third-order valence-corrected chi connectivity index (χ3v) is 4.79. The van der Waals surface area contributed by atoms with E-state index in [1.165, 1.54) is 22.5 Å². The van der Waals surface area contributed by atoms with E-state index in [-0.39, 0.29) is 18.9 Å². The summed E-state index contributed by atoms with van der Waals surface area (Å²) in [5.41, 5.74) is 6.92. The quantitative estimate of drug-likeness (QED) is 0.490. The van der Waals surface area contributed by atoms with Gasteiger partial charge in [-0.25, -0.2) is 19.6 Å². The van der Waals surface area contributed by atoms with E-state index in [9.17, 15) is 9.59 Å². The van der Waals surface area contributed by atoms with Gasteiger partial charge in [-0.15, -0.1) is 0 Å². The number of benzene rings is 2. The number of amides is 1. The van der Waals surface area contributed by atoms with Gasteiger partial charge in [0.25, 0.3) is 0 Å². The fourth-order valence-electron chi connectivity index (χ4n) is 3.18. The summed E-state index contributed by atoms with van der Waals surface area (Å²) in [6.07, 6.45) is 0.190. The molecule has 4 aromatic rings. The Hall–Kier alpha value is -4.34. The Bertz CT molecular complexity index is 1280. The Kier molecular flexibility index (Phi) is 5.27. The van der Waals surface area contributed by atoms with Crippen molar-refractivity contribution in [1.82, 2.24) is 24.0 Å². The molecule has 0 bridgehead atoms. The number of fused-ring (bicyclic) bond motifs is 1. The average molecular weight is 420 g/mol. The molecule has 0 aliphatic rings. The first kappa shape index (κ1) is 20.0. The second kappa shape index (κ2) is 8.19. The van der Waals surface area contributed by atoms with Crippen molar-refractivity contribution in [2.45, 2.75) is 6.54 Å². The molecule has 0 aliphatic carbocycles. The van der Waals surface area contributed by atoms with Gasteiger partial charge >= 0.3 is 11.8 Å². The lowest BCUT2D eigenvalue weighted by atomic mass is 10.3. The first-order chi connectivity index (χ1) is 15.0. The van der Waals surface area contributed by atoms with Crippen molar-refractivity contribution in [2.24, 2.45) is 0 Å². The Morgan fingerprint density at radius 2 is 1.77 bits per heavy atom. The van der Waals surface area contributed by atoms with Crippen LogP contribution in [0.4, 0.5) is 10.6 Å². The molecule has 3 N–H and O–H groups in total. The van der Waals surface area contributed by atoms with E-state index in [1.54, 1.807) is 24.3 Å². The molecule has 0 radical (unpaired) electrons. The van der Waals surface area contributed by atoms with Crippen molar-refractivity contribution in [2.75, 3.05) is 19.3 Å². The SMILES string of the molecule is CN(CCn1c(=O)n(-c2ccc(Oc3ccccc3)cc2)c2c(N)ncnc21)C(=O)O. The zero-order valence-electron chi connectivity index (χ0n) is 16.7. The fourth-order valence-corrected chi connectivity index (χ4v) is 3.18. The van der Waals surface area contributed by atoms with Crippen LogP contribution in [0, 0.1) is 0 Å². The molecule has 0 spiro atoms. The monoisotopic (exact) mass is 420 g/mol. The standard InChI is InChI=1S/C21H20N6O4/c1-25(21(29)30)11-12-26-19-17(18(22)23-13-24-19)27(20(26)28)14-7-9-16(10-8-14)31-15-5-3-2-4-6-15/h2-10,13H,11-12H2,1H3,(H,29,30)(H2,22,23,24). The predicted molar refractivity (Wildman–Crippen MR) is 115 cm³/mol. The number of para-hydroxylation sites is 1. The van der Waals surface area contributed by atoms with Gasteiger partial charge in [0.15, 0.2) is 11.5 Å². The zero-order valence-corrected chi connectivity index (χ0v) is 16.7. The third-order valence-electron chi connectivity index (χ3n) is 4.79. The molecule has 0 fully saturated rings. The van der Waals surface area contributed by atoms with Gasteiger partial charge in [0.1, 0.15) is 23.3 Å². The van der Waals surface area contributed by atoms with E-state index in [0.717, 1.165) is 4.90 Å². The first-order valence-electron chi connectivity index (χ1n) is 9.45. The lowest BCUT2D eigenvalue weighted by molar-refractivity contribution is 0.154. The van der Waals surface area contributed by atoms with Crippen LogP contribution in [0.25, 0.3) is 16.9 Å². The molecule has 1 amide bonds. The molecule has 0 atom stereocenters. The summed E-state index contributed by atoms with van der Waals surface area (Å²) in [7, 11) is 1.43. The zero-order chi connectivity index (χ0) is 22.0. The van der Waals surface area contributed by atoms with Crippen LogP contribution < -0.4 is 16.2 Å². The Balaban J connectivity index is 1.72. The van der Waals surface area contributed by atoms with Crippen LogP contribution in [-0.2, 0) is 6.54 Å². The van der Waals surface area contributed by atoms with Crippen LogP contribution in [0.2, 0.25) is 0 Å². The molecule has 31 heavy (non-hydrogen) atoms. The van der Waals surface area contributed by atoms with Gasteiger partial charge in [-0.1, -0.05) is 18.2 Å². The van der Waals surface area contributed by atoms with E-state index in [1.807, 2.05) is 30.3 Å². The largest absolute Gasteiger partial charge is 0.465 e. The maximum absolute atomic E-state index is 13.2. The summed E-state index contributed by atoms with van der Waals surface area (Å²) in [4.78, 5) is 33.6. The summed E-state index contributed by atoms with van der Waals surface area (Å²) >= 11 is 0. The minimum atomic E-state index is -1.08. The first-order valence-corrected chi connectivity index (χ1v) is 9.45. The van der Waals surface area contributed by atoms with Crippen molar-refractivity contribution < 1.29 is 14.6 Å². The van der Waals surface area contributed by atoms with E-state index in [0.29, 0.717) is 28.4 Å². The Labute approximate surface area is 176 Å². The molecule has 2 aromatic carbocycles. The van der Waals surface area contributed by atoms with Crippen LogP contribution in [-0.4, -0.2) is 48.8 Å². The van der Waals surface area contributed by atoms with Crippen LogP contribution in [0.3, 0.4) is 0 Å². The number of nitrogens with two attached hydrogens (primary N) is 1. The van der Waals surface area contributed by atoms with Gasteiger partial charge in [-0.05, 0) is 36.4 Å². The number of carbonyl (C=O) groups is 1. The highest BCUT2D eigenvalue weighted by atomic mass is 16.5. The normalized spacial score (nSPS) is 10.9. The maximum Gasteiger partial charge on any atom is 0.407 e. The fraction of sp³-hybridized carbons (Fsp3) is 0.143. The molecule has 0 saturated carbocycles. The number of likely N-dealkylation sites (N-methyl/N-ethyl adjacent to an activating group) is 1. The molecule has 0 aliphatic heterocycles. The minimum absolute atomic E-state index is 0.113. The van der Waals surface area contributed by atoms with Gasteiger partial charge in [-0.2, -0.15) is 0 Å². The van der Waals surface area contributed by atoms with Crippen molar-refractivity contribution >= 4 is 23.1 Å². The molecule has 0 saturated heterocycles. The number of hydrogen-bond donors (Lipinski definition) is 2. The summed E-state index contributed by atoms with van der Waals surface area (Å²) in [5.74, 6) is 1.46. The molecule has 10 nitrogen and oxygen atoms in total. The number of nitrogen functional groups attached to an aromatic ring is 1. The molecule has 2 heterocycles. The number of anilines is 1. The minimum Gasteiger partial charge on any atom is -0.465 e. The molecule has 10 heteroatoms. The lowest BCUT2D eigenvalue weighted by Crippen LogP contribution is -2.32. The number of hydrogen-bond acceptors (Lipinski definition) is 6. The van der Waals surface area contributed by atoms with Crippen LogP contribution in [0.1, 0.15) is 0 Å². The molecule has 0 unspecified atom stereocenters. The van der Waals surface area contributed by atoms with Gasteiger partial charge in [0.05, 0.1) is 5.69 Å². The average Bonchev–Trinajstić information content (AvgIpc) is 3.06. The van der Waals surface area contributed by atoms with Gasteiger partial charge in [0, 0.05) is 20.1 Å². The predicted octanol–water partition coefficient (Wildman–Crippen LogP) is 2.57. The third kappa shape index (κ3) is 3.90. The van der Waals surface area contributed by atoms with E-state index >= 15 is 0 Å². The second-order valence-electron chi connectivity index (χ2n) is 6.81.